The Morgan fingerprint density at radius 2 is 2.00 bits per heavy atom. The predicted molar refractivity (Wildman–Crippen MR) is 107 cm³/mol. The summed E-state index contributed by atoms with van der Waals surface area (Å²) >= 11 is 4.92. The van der Waals surface area contributed by atoms with Crippen molar-refractivity contribution in [3.05, 3.63) is 91.3 Å². The Labute approximate surface area is 167 Å². The fourth-order valence-electron chi connectivity index (χ4n) is 2.77. The molecule has 0 saturated heterocycles. The largest absolute Gasteiger partial charge is 0.467 e. The SMILES string of the molecule is O=C(c1cc(=O)c2ccc(Br)cc2o1)N(Cc1ccco1)Cc1cccs1. The number of thiophene rings is 1. The molecule has 0 atom stereocenters. The number of furan rings is 1. The summed E-state index contributed by atoms with van der Waals surface area (Å²) in [7, 11) is 0. The minimum atomic E-state index is -0.362. The van der Waals surface area contributed by atoms with Crippen LogP contribution in [0.2, 0.25) is 0 Å². The number of carbonyl (C=O) groups is 1. The maximum Gasteiger partial charge on any atom is 0.290 e. The monoisotopic (exact) mass is 443 g/mol. The molecule has 0 N–H and O–H groups in total. The lowest BCUT2D eigenvalue weighted by Crippen LogP contribution is -2.30. The van der Waals surface area contributed by atoms with Crippen LogP contribution in [0.5, 0.6) is 0 Å². The van der Waals surface area contributed by atoms with Gasteiger partial charge in [0.15, 0.2) is 11.2 Å². The Balaban J connectivity index is 1.71. The van der Waals surface area contributed by atoms with E-state index >= 15 is 0 Å². The van der Waals surface area contributed by atoms with Crippen LogP contribution >= 0.6 is 27.3 Å². The lowest BCUT2D eigenvalue weighted by Gasteiger charge is -2.20. The van der Waals surface area contributed by atoms with Crippen LogP contribution in [0, 0.1) is 0 Å². The zero-order chi connectivity index (χ0) is 18.8. The molecular formula is C20H14BrNO4S. The number of amides is 1. The summed E-state index contributed by atoms with van der Waals surface area (Å²) in [5.41, 5.74) is 0.121. The Hall–Kier alpha value is -2.64. The molecule has 0 aliphatic heterocycles. The van der Waals surface area contributed by atoms with Crippen LogP contribution in [-0.2, 0) is 13.1 Å². The fourth-order valence-corrected chi connectivity index (χ4v) is 3.83. The van der Waals surface area contributed by atoms with Gasteiger partial charge in [-0.15, -0.1) is 11.3 Å². The van der Waals surface area contributed by atoms with Gasteiger partial charge in [0.1, 0.15) is 11.3 Å². The third-order valence-corrected chi connectivity index (χ3v) is 5.40. The van der Waals surface area contributed by atoms with Crippen molar-refractivity contribution in [1.82, 2.24) is 4.90 Å². The lowest BCUT2D eigenvalue weighted by molar-refractivity contribution is 0.0687. The predicted octanol–water partition coefficient (Wildman–Crippen LogP) is 5.05. The highest BCUT2D eigenvalue weighted by molar-refractivity contribution is 9.10. The van der Waals surface area contributed by atoms with Crippen LogP contribution in [0.3, 0.4) is 0 Å². The fraction of sp³-hybridized carbons (Fsp3) is 0.100. The maximum absolute atomic E-state index is 13.1. The highest BCUT2D eigenvalue weighted by Gasteiger charge is 2.22. The van der Waals surface area contributed by atoms with Crippen molar-refractivity contribution < 1.29 is 13.6 Å². The number of fused-ring (bicyclic) bond motifs is 1. The first-order chi connectivity index (χ1) is 13.1. The van der Waals surface area contributed by atoms with E-state index in [2.05, 4.69) is 15.9 Å². The Kier molecular flexibility index (Phi) is 4.96. The first-order valence-corrected chi connectivity index (χ1v) is 9.85. The van der Waals surface area contributed by atoms with Crippen molar-refractivity contribution in [3.8, 4) is 0 Å². The molecule has 3 heterocycles. The molecule has 0 spiro atoms. The van der Waals surface area contributed by atoms with E-state index in [1.165, 1.54) is 6.07 Å². The number of rotatable bonds is 5. The van der Waals surface area contributed by atoms with Gasteiger partial charge in [0.25, 0.3) is 5.91 Å². The van der Waals surface area contributed by atoms with Crippen molar-refractivity contribution in [2.75, 3.05) is 0 Å². The van der Waals surface area contributed by atoms with E-state index in [1.807, 2.05) is 23.6 Å². The minimum absolute atomic E-state index is 0.00807. The molecule has 0 aliphatic rings. The van der Waals surface area contributed by atoms with E-state index in [0.29, 0.717) is 23.3 Å². The van der Waals surface area contributed by atoms with Crippen LogP contribution < -0.4 is 5.43 Å². The number of hydrogen-bond acceptors (Lipinski definition) is 5. The van der Waals surface area contributed by atoms with Gasteiger partial charge in [-0.05, 0) is 41.8 Å². The molecule has 0 unspecified atom stereocenters. The Bertz CT molecular complexity index is 1100. The standard InChI is InChI=1S/C20H14BrNO4S/c21-13-5-6-16-17(23)10-19(26-18(16)9-13)20(24)22(11-14-3-1-7-25-14)12-15-4-2-8-27-15/h1-10H,11-12H2. The van der Waals surface area contributed by atoms with Gasteiger partial charge in [-0.1, -0.05) is 22.0 Å². The maximum atomic E-state index is 13.1. The number of hydrogen-bond donors (Lipinski definition) is 0. The smallest absolute Gasteiger partial charge is 0.290 e. The molecule has 0 aliphatic carbocycles. The zero-order valence-corrected chi connectivity index (χ0v) is 16.5. The van der Waals surface area contributed by atoms with Crippen molar-refractivity contribution in [2.24, 2.45) is 0 Å². The summed E-state index contributed by atoms with van der Waals surface area (Å²) in [6.45, 7) is 0.682. The molecule has 5 nitrogen and oxygen atoms in total. The average molecular weight is 444 g/mol. The van der Waals surface area contributed by atoms with Gasteiger partial charge < -0.3 is 13.7 Å². The molecule has 3 aromatic heterocycles. The molecule has 7 heteroatoms. The molecule has 136 valence electrons. The molecule has 4 rings (SSSR count). The highest BCUT2D eigenvalue weighted by atomic mass is 79.9. The number of halogens is 1. The summed E-state index contributed by atoms with van der Waals surface area (Å²) in [4.78, 5) is 28.2. The van der Waals surface area contributed by atoms with Gasteiger partial charge in [-0.25, -0.2) is 0 Å². The number of benzene rings is 1. The second-order valence-corrected chi connectivity index (χ2v) is 7.88. The van der Waals surface area contributed by atoms with Gasteiger partial charge in [0, 0.05) is 15.4 Å². The normalized spacial score (nSPS) is 11.0. The van der Waals surface area contributed by atoms with Crippen LogP contribution in [-0.4, -0.2) is 10.8 Å². The van der Waals surface area contributed by atoms with E-state index in [9.17, 15) is 9.59 Å². The molecule has 1 aromatic carbocycles. The summed E-state index contributed by atoms with van der Waals surface area (Å²) in [5, 5.41) is 2.39. The van der Waals surface area contributed by atoms with Gasteiger partial charge in [-0.2, -0.15) is 0 Å². The average Bonchev–Trinajstić information content (AvgIpc) is 3.34. The van der Waals surface area contributed by atoms with E-state index in [4.69, 9.17) is 8.83 Å². The molecule has 0 saturated carbocycles. The van der Waals surface area contributed by atoms with Crippen LogP contribution in [0.1, 0.15) is 21.2 Å². The summed E-state index contributed by atoms with van der Waals surface area (Å²) in [5.74, 6) is 0.304. The lowest BCUT2D eigenvalue weighted by atomic mass is 10.2. The highest BCUT2D eigenvalue weighted by Crippen LogP contribution is 2.21. The molecular weight excluding hydrogens is 430 g/mol. The van der Waals surface area contributed by atoms with Gasteiger partial charge in [-0.3, -0.25) is 9.59 Å². The summed E-state index contributed by atoms with van der Waals surface area (Å²) in [6, 6.07) is 13.8. The van der Waals surface area contributed by atoms with Crippen LogP contribution in [0.4, 0.5) is 0 Å². The van der Waals surface area contributed by atoms with Gasteiger partial charge in [0.2, 0.25) is 0 Å². The third kappa shape index (κ3) is 3.89. The Morgan fingerprint density at radius 3 is 2.74 bits per heavy atom. The molecule has 27 heavy (non-hydrogen) atoms. The molecule has 0 fully saturated rings. The number of carbonyl (C=O) groups excluding carboxylic acids is 1. The Morgan fingerprint density at radius 1 is 1.11 bits per heavy atom. The summed E-state index contributed by atoms with van der Waals surface area (Å²) < 4.78 is 11.9. The second-order valence-electron chi connectivity index (χ2n) is 5.94. The minimum Gasteiger partial charge on any atom is -0.467 e. The number of nitrogens with zero attached hydrogens (tertiary/aromatic N) is 1. The van der Waals surface area contributed by atoms with Crippen molar-refractivity contribution >= 4 is 44.1 Å². The van der Waals surface area contributed by atoms with Gasteiger partial charge >= 0.3 is 0 Å². The topological polar surface area (TPSA) is 63.7 Å². The zero-order valence-electron chi connectivity index (χ0n) is 14.1. The van der Waals surface area contributed by atoms with Crippen LogP contribution in [0.25, 0.3) is 11.0 Å². The van der Waals surface area contributed by atoms with Crippen LogP contribution in [0.15, 0.2) is 78.3 Å². The quantitative estimate of drug-likeness (QED) is 0.432. The molecule has 0 bridgehead atoms. The molecule has 1 amide bonds. The third-order valence-electron chi connectivity index (χ3n) is 4.04. The molecule has 0 radical (unpaired) electrons. The van der Waals surface area contributed by atoms with E-state index in [0.717, 1.165) is 9.35 Å². The van der Waals surface area contributed by atoms with Gasteiger partial charge in [0.05, 0.1) is 24.7 Å². The van der Waals surface area contributed by atoms with Crippen molar-refractivity contribution in [2.45, 2.75) is 13.1 Å². The van der Waals surface area contributed by atoms with Crippen molar-refractivity contribution in [3.63, 3.8) is 0 Å². The second kappa shape index (κ2) is 7.54. The van der Waals surface area contributed by atoms with E-state index in [-0.39, 0.29) is 23.6 Å². The first-order valence-electron chi connectivity index (χ1n) is 8.17. The first kappa shape index (κ1) is 17.8. The molecule has 4 aromatic rings. The summed E-state index contributed by atoms with van der Waals surface area (Å²) in [6.07, 6.45) is 1.57. The van der Waals surface area contributed by atoms with E-state index in [1.54, 1.807) is 46.8 Å². The van der Waals surface area contributed by atoms with Crippen molar-refractivity contribution in [1.29, 1.82) is 0 Å². The van der Waals surface area contributed by atoms with E-state index < -0.39 is 0 Å².